The molecule has 0 aliphatic heterocycles. The zero-order chi connectivity index (χ0) is 30.2. The van der Waals surface area contributed by atoms with Gasteiger partial charge < -0.3 is 19.7 Å². The molecule has 3 aromatic rings. The number of nitrogens with zero attached hydrogens (tertiary/aromatic N) is 2. The highest BCUT2D eigenvalue weighted by Gasteiger charge is 2.34. The molecule has 0 saturated heterocycles. The summed E-state index contributed by atoms with van der Waals surface area (Å²) in [6.07, 6.45) is 0. The van der Waals surface area contributed by atoms with Crippen LogP contribution in [0, 0.1) is 5.92 Å². The number of hydrogen-bond acceptors (Lipinski definition) is 6. The van der Waals surface area contributed by atoms with Crippen LogP contribution in [-0.2, 0) is 26.2 Å². The largest absolute Gasteiger partial charge is 0.497 e. The van der Waals surface area contributed by atoms with E-state index in [1.54, 1.807) is 55.5 Å². The molecule has 41 heavy (non-hydrogen) atoms. The van der Waals surface area contributed by atoms with Crippen LogP contribution in [0.5, 0.6) is 11.5 Å². The number of benzene rings is 3. The van der Waals surface area contributed by atoms with Gasteiger partial charge in [-0.25, -0.2) is 8.42 Å². The number of halogens is 1. The summed E-state index contributed by atoms with van der Waals surface area (Å²) in [4.78, 5) is 28.4. The van der Waals surface area contributed by atoms with Crippen molar-refractivity contribution in [1.82, 2.24) is 10.2 Å². The number of methoxy groups -OCH3 is 2. The van der Waals surface area contributed by atoms with Crippen LogP contribution < -0.4 is 19.1 Å². The van der Waals surface area contributed by atoms with Crippen LogP contribution in [0.25, 0.3) is 0 Å². The van der Waals surface area contributed by atoms with Gasteiger partial charge in [0.15, 0.2) is 0 Å². The minimum atomic E-state index is -4.27. The van der Waals surface area contributed by atoms with Crippen LogP contribution in [0.4, 0.5) is 5.69 Å². The number of anilines is 1. The quantitative estimate of drug-likeness (QED) is 0.303. The molecule has 2 amide bonds. The van der Waals surface area contributed by atoms with Crippen LogP contribution >= 0.6 is 11.6 Å². The smallest absolute Gasteiger partial charge is 0.264 e. The number of carbonyl (C=O) groups is 2. The molecule has 1 N–H and O–H groups in total. The van der Waals surface area contributed by atoms with E-state index >= 15 is 0 Å². The normalized spacial score (nSPS) is 12.0. The number of amides is 2. The summed E-state index contributed by atoms with van der Waals surface area (Å²) in [7, 11) is -1.36. The van der Waals surface area contributed by atoms with Gasteiger partial charge in [-0.3, -0.25) is 13.9 Å². The van der Waals surface area contributed by atoms with Crippen LogP contribution in [0.15, 0.2) is 77.7 Å². The number of ether oxygens (including phenoxy) is 2. The predicted octanol–water partition coefficient (Wildman–Crippen LogP) is 4.74. The van der Waals surface area contributed by atoms with E-state index in [4.69, 9.17) is 21.1 Å². The lowest BCUT2D eigenvalue weighted by atomic mass is 10.1. The average molecular weight is 602 g/mol. The molecule has 1 atom stereocenters. The van der Waals surface area contributed by atoms with Gasteiger partial charge in [0, 0.05) is 18.1 Å². The first-order valence-corrected chi connectivity index (χ1v) is 14.9. The van der Waals surface area contributed by atoms with Crippen molar-refractivity contribution in [3.8, 4) is 11.5 Å². The van der Waals surface area contributed by atoms with Gasteiger partial charge in [-0.15, -0.1) is 0 Å². The van der Waals surface area contributed by atoms with E-state index < -0.39 is 28.5 Å². The van der Waals surface area contributed by atoms with E-state index in [1.165, 1.54) is 43.4 Å². The molecule has 0 saturated carbocycles. The zero-order valence-corrected chi connectivity index (χ0v) is 25.4. The van der Waals surface area contributed by atoms with Gasteiger partial charge in [-0.05, 0) is 60.9 Å². The molecular weight excluding hydrogens is 566 g/mol. The molecule has 0 bridgehead atoms. The van der Waals surface area contributed by atoms with E-state index in [9.17, 15) is 18.0 Å². The molecule has 0 heterocycles. The lowest BCUT2D eigenvalue weighted by Gasteiger charge is -2.32. The van der Waals surface area contributed by atoms with E-state index in [2.05, 4.69) is 5.32 Å². The van der Waals surface area contributed by atoms with Gasteiger partial charge in [0.25, 0.3) is 10.0 Å². The van der Waals surface area contributed by atoms with E-state index in [1.807, 2.05) is 13.8 Å². The van der Waals surface area contributed by atoms with Gasteiger partial charge in [0.1, 0.15) is 24.1 Å². The molecule has 3 aromatic carbocycles. The Morgan fingerprint density at radius 1 is 0.902 bits per heavy atom. The lowest BCUT2D eigenvalue weighted by Crippen LogP contribution is -2.51. The first-order valence-electron chi connectivity index (χ1n) is 13.1. The van der Waals surface area contributed by atoms with Crippen molar-refractivity contribution < 1.29 is 27.5 Å². The van der Waals surface area contributed by atoms with E-state index in [0.29, 0.717) is 22.9 Å². The van der Waals surface area contributed by atoms with Crippen molar-refractivity contribution in [2.75, 3.05) is 31.6 Å². The van der Waals surface area contributed by atoms with Crippen molar-refractivity contribution in [2.45, 2.75) is 38.3 Å². The molecule has 9 nitrogen and oxygen atoms in total. The maximum atomic E-state index is 14.0. The summed E-state index contributed by atoms with van der Waals surface area (Å²) in [5.41, 5.74) is 0.793. The number of para-hydroxylation sites is 2. The summed E-state index contributed by atoms with van der Waals surface area (Å²) >= 11 is 6.41. The summed E-state index contributed by atoms with van der Waals surface area (Å²) in [5, 5.41) is 3.28. The third-order valence-corrected chi connectivity index (χ3v) is 8.57. The van der Waals surface area contributed by atoms with Crippen molar-refractivity contribution >= 4 is 39.1 Å². The van der Waals surface area contributed by atoms with Crippen LogP contribution in [0.2, 0.25) is 5.02 Å². The summed E-state index contributed by atoms with van der Waals surface area (Å²) in [6.45, 7) is 5.37. The zero-order valence-electron chi connectivity index (χ0n) is 23.8. The maximum absolute atomic E-state index is 14.0. The Kier molecular flexibility index (Phi) is 11.0. The molecule has 11 heteroatoms. The highest BCUT2D eigenvalue weighted by atomic mass is 35.5. The van der Waals surface area contributed by atoms with Crippen LogP contribution in [0.1, 0.15) is 26.3 Å². The Bertz CT molecular complexity index is 1450. The van der Waals surface area contributed by atoms with Gasteiger partial charge in [0.2, 0.25) is 11.8 Å². The summed E-state index contributed by atoms with van der Waals surface area (Å²) in [6, 6.07) is 18.5. The van der Waals surface area contributed by atoms with E-state index in [0.717, 1.165) is 4.31 Å². The topological polar surface area (TPSA) is 105 Å². The number of rotatable bonds is 13. The first kappa shape index (κ1) is 31.8. The average Bonchev–Trinajstić information content (AvgIpc) is 2.97. The number of nitrogens with one attached hydrogen (secondary N) is 1. The number of carbonyl (C=O) groups excluding carboxylic acids is 2. The molecule has 0 aliphatic rings. The highest BCUT2D eigenvalue weighted by Crippen LogP contribution is 2.33. The fourth-order valence-corrected chi connectivity index (χ4v) is 5.69. The third kappa shape index (κ3) is 7.92. The Morgan fingerprint density at radius 2 is 1.54 bits per heavy atom. The van der Waals surface area contributed by atoms with Gasteiger partial charge in [-0.2, -0.15) is 0 Å². The predicted molar refractivity (Wildman–Crippen MR) is 160 cm³/mol. The molecule has 0 unspecified atom stereocenters. The fraction of sp³-hybridized carbons (Fsp3) is 0.333. The molecular formula is C30H36ClN3O6S. The Balaban J connectivity index is 2.06. The first-order chi connectivity index (χ1) is 19.5. The van der Waals surface area contributed by atoms with E-state index in [-0.39, 0.29) is 34.7 Å². The van der Waals surface area contributed by atoms with Crippen molar-refractivity contribution in [3.63, 3.8) is 0 Å². The number of sulfonamides is 1. The third-order valence-electron chi connectivity index (χ3n) is 6.43. The minimum Gasteiger partial charge on any atom is -0.497 e. The van der Waals surface area contributed by atoms with Crippen LogP contribution in [0.3, 0.4) is 0 Å². The Labute approximate surface area is 247 Å². The Hall–Kier alpha value is -3.76. The summed E-state index contributed by atoms with van der Waals surface area (Å²) in [5.74, 6) is -0.00982. The second-order valence-electron chi connectivity index (χ2n) is 9.79. The van der Waals surface area contributed by atoms with Gasteiger partial charge in [0.05, 0.1) is 24.8 Å². The van der Waals surface area contributed by atoms with Gasteiger partial charge >= 0.3 is 0 Å². The molecule has 0 fully saturated rings. The second kappa shape index (κ2) is 14.2. The molecule has 3 rings (SSSR count). The SMILES string of the molecule is COc1ccc(S(=O)(=O)N(CC(=O)N(Cc2ccccc2Cl)[C@@H](C)C(=O)NCC(C)C)c2ccccc2OC)cc1. The van der Waals surface area contributed by atoms with Crippen molar-refractivity contribution in [2.24, 2.45) is 5.92 Å². The second-order valence-corrected chi connectivity index (χ2v) is 12.1. The standard InChI is InChI=1S/C30H36ClN3O6S/c1-21(2)18-32-30(36)22(3)33(19-23-10-6-7-11-26(23)31)29(35)20-34(27-12-8-9-13-28(27)40-5)41(37,38)25-16-14-24(39-4)15-17-25/h6-17,21-22H,18-20H2,1-5H3,(H,32,36)/t22-/m0/s1. The lowest BCUT2D eigenvalue weighted by molar-refractivity contribution is -0.139. The number of hydrogen-bond donors (Lipinski definition) is 1. The summed E-state index contributed by atoms with van der Waals surface area (Å²) < 4.78 is 39.6. The molecule has 0 radical (unpaired) electrons. The fourth-order valence-electron chi connectivity index (χ4n) is 4.07. The van der Waals surface area contributed by atoms with Crippen molar-refractivity contribution in [3.05, 3.63) is 83.4 Å². The molecule has 220 valence electrons. The van der Waals surface area contributed by atoms with Crippen molar-refractivity contribution in [1.29, 1.82) is 0 Å². The maximum Gasteiger partial charge on any atom is 0.264 e. The van der Waals surface area contributed by atoms with Gasteiger partial charge in [-0.1, -0.05) is 55.8 Å². The monoisotopic (exact) mass is 601 g/mol. The molecule has 0 aliphatic carbocycles. The minimum absolute atomic E-state index is 0.00286. The molecule has 0 spiro atoms. The Morgan fingerprint density at radius 3 is 2.15 bits per heavy atom. The molecule has 0 aromatic heterocycles. The highest BCUT2D eigenvalue weighted by molar-refractivity contribution is 7.92. The van der Waals surface area contributed by atoms with Crippen LogP contribution in [-0.4, -0.2) is 58.5 Å².